The Morgan fingerprint density at radius 2 is 2.43 bits per heavy atom. The van der Waals surface area contributed by atoms with E-state index in [0.29, 0.717) is 6.54 Å². The Hall–Kier alpha value is -1.15. The summed E-state index contributed by atoms with van der Waals surface area (Å²) in [6.45, 7) is 2.20. The molecule has 0 unspecified atom stereocenters. The standard InChI is InChI=1S/C5H6N2/c1-2-3-4-7-5-6/h7H,4H2,1H3. The van der Waals surface area contributed by atoms with E-state index in [1.165, 1.54) is 0 Å². The maximum absolute atomic E-state index is 7.86. The highest BCUT2D eigenvalue weighted by Crippen LogP contribution is 1.49. The van der Waals surface area contributed by atoms with Crippen molar-refractivity contribution in [2.75, 3.05) is 6.54 Å². The van der Waals surface area contributed by atoms with Crippen LogP contribution in [0.5, 0.6) is 0 Å². The molecule has 0 aliphatic rings. The number of nitrogens with one attached hydrogen (secondary N) is 1. The average Bonchev–Trinajstić information content (AvgIpc) is 1.69. The van der Waals surface area contributed by atoms with Crippen LogP contribution in [0.3, 0.4) is 0 Å². The van der Waals surface area contributed by atoms with Crippen molar-refractivity contribution in [1.82, 2.24) is 5.32 Å². The summed E-state index contributed by atoms with van der Waals surface area (Å²) in [5.74, 6) is 5.30. The molecule has 0 atom stereocenters. The summed E-state index contributed by atoms with van der Waals surface area (Å²) in [4.78, 5) is 0. The van der Waals surface area contributed by atoms with Gasteiger partial charge in [0.2, 0.25) is 0 Å². The zero-order chi connectivity index (χ0) is 5.54. The van der Waals surface area contributed by atoms with Crippen LogP contribution in [0.25, 0.3) is 0 Å². The summed E-state index contributed by atoms with van der Waals surface area (Å²) in [5.41, 5.74) is 0. The zero-order valence-electron chi connectivity index (χ0n) is 4.15. The molecular formula is C5H6N2. The van der Waals surface area contributed by atoms with Crippen molar-refractivity contribution in [2.45, 2.75) is 6.92 Å². The maximum atomic E-state index is 7.86. The lowest BCUT2D eigenvalue weighted by molar-refractivity contribution is 1.02. The molecular weight excluding hydrogens is 88.1 g/mol. The van der Waals surface area contributed by atoms with Gasteiger partial charge in [0.05, 0.1) is 6.54 Å². The van der Waals surface area contributed by atoms with Crippen LogP contribution in [0.4, 0.5) is 0 Å². The Kier molecular flexibility index (Phi) is 4.05. The first-order valence-corrected chi connectivity index (χ1v) is 1.93. The van der Waals surface area contributed by atoms with Crippen LogP contribution in [0.15, 0.2) is 0 Å². The largest absolute Gasteiger partial charge is 0.312 e. The molecule has 36 valence electrons. The maximum Gasteiger partial charge on any atom is 0.177 e. The van der Waals surface area contributed by atoms with Crippen molar-refractivity contribution < 1.29 is 0 Å². The fourth-order valence-electron chi connectivity index (χ4n) is 0.172. The first-order valence-electron chi connectivity index (χ1n) is 1.93. The van der Waals surface area contributed by atoms with Gasteiger partial charge in [0.1, 0.15) is 0 Å². The molecule has 0 amide bonds. The van der Waals surface area contributed by atoms with E-state index in [0.717, 1.165) is 0 Å². The molecule has 0 heterocycles. The molecule has 2 heteroatoms. The second kappa shape index (κ2) is 4.85. The predicted octanol–water partition coefficient (Wildman–Crippen LogP) is 0.0804. The summed E-state index contributed by atoms with van der Waals surface area (Å²) in [6, 6.07) is 0. The molecule has 0 radical (unpaired) electrons. The van der Waals surface area contributed by atoms with Crippen molar-refractivity contribution in [3.05, 3.63) is 0 Å². The number of hydrogen-bond acceptors (Lipinski definition) is 2. The van der Waals surface area contributed by atoms with E-state index >= 15 is 0 Å². The molecule has 0 aliphatic heterocycles. The van der Waals surface area contributed by atoms with Crippen molar-refractivity contribution in [1.29, 1.82) is 5.26 Å². The quantitative estimate of drug-likeness (QED) is 0.216. The van der Waals surface area contributed by atoms with Crippen LogP contribution in [0.2, 0.25) is 0 Å². The second-order valence-electron chi connectivity index (χ2n) is 0.892. The SMILES string of the molecule is CC#CCNC#N. The Bertz CT molecular complexity index is 121. The molecule has 0 aromatic carbocycles. The van der Waals surface area contributed by atoms with Crippen LogP contribution >= 0.6 is 0 Å². The highest BCUT2D eigenvalue weighted by atomic mass is 14.8. The summed E-state index contributed by atoms with van der Waals surface area (Å²) < 4.78 is 0. The second-order valence-corrected chi connectivity index (χ2v) is 0.892. The van der Waals surface area contributed by atoms with Gasteiger partial charge < -0.3 is 5.32 Å². The van der Waals surface area contributed by atoms with Gasteiger partial charge in [-0.15, -0.1) is 5.92 Å². The Morgan fingerprint density at radius 3 is 2.86 bits per heavy atom. The third-order valence-corrected chi connectivity index (χ3v) is 0.433. The van der Waals surface area contributed by atoms with Gasteiger partial charge in [-0.2, -0.15) is 5.26 Å². The van der Waals surface area contributed by atoms with Gasteiger partial charge >= 0.3 is 0 Å². The van der Waals surface area contributed by atoms with Crippen LogP contribution < -0.4 is 5.32 Å². The number of rotatable bonds is 1. The lowest BCUT2D eigenvalue weighted by atomic mass is 10.6. The molecule has 0 aromatic heterocycles. The van der Waals surface area contributed by atoms with E-state index in [1.54, 1.807) is 13.1 Å². The van der Waals surface area contributed by atoms with E-state index < -0.39 is 0 Å². The van der Waals surface area contributed by atoms with Gasteiger partial charge in [-0.1, -0.05) is 5.92 Å². The summed E-state index contributed by atoms with van der Waals surface area (Å²) in [6.07, 6.45) is 1.75. The third kappa shape index (κ3) is 4.85. The first-order chi connectivity index (χ1) is 3.41. The lowest BCUT2D eigenvalue weighted by Crippen LogP contribution is -2.03. The molecule has 7 heavy (non-hydrogen) atoms. The Labute approximate surface area is 43.1 Å². The van der Waals surface area contributed by atoms with Gasteiger partial charge in [-0.3, -0.25) is 0 Å². The number of nitrogens with zero attached hydrogens (tertiary/aromatic N) is 1. The number of hydrogen-bond donors (Lipinski definition) is 1. The fourth-order valence-corrected chi connectivity index (χ4v) is 0.172. The van der Waals surface area contributed by atoms with E-state index in [4.69, 9.17) is 5.26 Å². The Morgan fingerprint density at radius 1 is 1.71 bits per heavy atom. The monoisotopic (exact) mass is 94.1 g/mol. The molecule has 0 aliphatic carbocycles. The minimum Gasteiger partial charge on any atom is -0.312 e. The Balaban J connectivity index is 2.98. The van der Waals surface area contributed by atoms with Gasteiger partial charge in [0.25, 0.3) is 0 Å². The highest BCUT2D eigenvalue weighted by Gasteiger charge is 1.64. The summed E-state index contributed by atoms with van der Waals surface area (Å²) >= 11 is 0. The molecule has 0 rings (SSSR count). The normalized spacial score (nSPS) is 5.14. The average molecular weight is 94.1 g/mol. The van der Waals surface area contributed by atoms with E-state index in [9.17, 15) is 0 Å². The third-order valence-electron chi connectivity index (χ3n) is 0.433. The first kappa shape index (κ1) is 5.85. The molecule has 2 nitrogen and oxygen atoms in total. The van der Waals surface area contributed by atoms with Gasteiger partial charge in [0, 0.05) is 0 Å². The molecule has 0 spiro atoms. The molecule has 0 bridgehead atoms. The van der Waals surface area contributed by atoms with Crippen LogP contribution in [0.1, 0.15) is 6.92 Å². The van der Waals surface area contributed by atoms with Crippen molar-refractivity contribution in [3.8, 4) is 18.0 Å². The van der Waals surface area contributed by atoms with E-state index in [-0.39, 0.29) is 0 Å². The van der Waals surface area contributed by atoms with Crippen LogP contribution in [-0.2, 0) is 0 Å². The predicted molar refractivity (Wildman–Crippen MR) is 27.1 cm³/mol. The minimum atomic E-state index is 0.465. The van der Waals surface area contributed by atoms with Gasteiger partial charge in [-0.25, -0.2) is 0 Å². The zero-order valence-corrected chi connectivity index (χ0v) is 4.15. The van der Waals surface area contributed by atoms with Crippen molar-refractivity contribution in [2.24, 2.45) is 0 Å². The van der Waals surface area contributed by atoms with E-state index in [2.05, 4.69) is 17.2 Å². The van der Waals surface area contributed by atoms with Crippen LogP contribution in [0, 0.1) is 23.3 Å². The summed E-state index contributed by atoms with van der Waals surface area (Å²) in [5, 5.41) is 10.2. The van der Waals surface area contributed by atoms with Gasteiger partial charge in [-0.05, 0) is 6.92 Å². The smallest absolute Gasteiger partial charge is 0.177 e. The molecule has 0 aromatic rings. The molecule has 0 saturated carbocycles. The highest BCUT2D eigenvalue weighted by molar-refractivity contribution is 4.98. The molecule has 1 N–H and O–H groups in total. The number of nitriles is 1. The lowest BCUT2D eigenvalue weighted by Gasteiger charge is -1.77. The van der Waals surface area contributed by atoms with Gasteiger partial charge in [0.15, 0.2) is 6.19 Å². The summed E-state index contributed by atoms with van der Waals surface area (Å²) in [7, 11) is 0. The molecule has 0 fully saturated rings. The van der Waals surface area contributed by atoms with Crippen molar-refractivity contribution >= 4 is 0 Å². The molecule has 0 saturated heterocycles. The van der Waals surface area contributed by atoms with Crippen molar-refractivity contribution in [3.63, 3.8) is 0 Å². The van der Waals surface area contributed by atoms with Crippen LogP contribution in [-0.4, -0.2) is 6.54 Å². The topological polar surface area (TPSA) is 35.8 Å². The van der Waals surface area contributed by atoms with E-state index in [1.807, 2.05) is 0 Å². The minimum absolute atomic E-state index is 0.465. The fraction of sp³-hybridized carbons (Fsp3) is 0.400.